The maximum absolute atomic E-state index is 12.4. The number of nitrogens with zero attached hydrogens (tertiary/aromatic N) is 4. The Labute approximate surface area is 160 Å². The molecule has 0 bridgehead atoms. The molecule has 4 aromatic rings. The largest absolute Gasteiger partial charge is 0.322 e. The first-order valence-corrected chi connectivity index (χ1v) is 9.24. The molecule has 0 spiro atoms. The Morgan fingerprint density at radius 1 is 1.07 bits per heavy atom. The highest BCUT2D eigenvalue weighted by atomic mass is 32.2. The van der Waals surface area contributed by atoms with Gasteiger partial charge in [0.25, 0.3) is 11.7 Å². The van der Waals surface area contributed by atoms with E-state index in [1.807, 2.05) is 68.4 Å². The second kappa shape index (κ2) is 7.20. The van der Waals surface area contributed by atoms with Gasteiger partial charge in [0.15, 0.2) is 0 Å². The summed E-state index contributed by atoms with van der Waals surface area (Å²) in [6.07, 6.45) is 1.50. The molecule has 1 N–H and O–H groups in total. The van der Waals surface area contributed by atoms with Crippen LogP contribution in [0.25, 0.3) is 5.78 Å². The van der Waals surface area contributed by atoms with Gasteiger partial charge in [0.05, 0.1) is 0 Å². The lowest BCUT2D eigenvalue weighted by Crippen LogP contribution is -2.13. The lowest BCUT2D eigenvalue weighted by molar-refractivity contribution is 0.102. The summed E-state index contributed by atoms with van der Waals surface area (Å²) in [4.78, 5) is 22.0. The number of amides is 1. The van der Waals surface area contributed by atoms with Crippen molar-refractivity contribution in [3.63, 3.8) is 0 Å². The molecule has 0 aliphatic rings. The fourth-order valence-electron chi connectivity index (χ4n) is 2.72. The molecule has 0 saturated carbocycles. The Morgan fingerprint density at radius 2 is 1.85 bits per heavy atom. The standard InChI is InChI=1S/C20H17N5OS/c1-13-5-3-4-6-17(13)19(26)24-15-7-9-16(10-8-15)27-18-11-14(2)23-20-21-12-22-25(18)20/h3-12H,1-2H3,(H,24,26). The number of rotatable bonds is 4. The number of carbonyl (C=O) groups excluding carboxylic acids is 1. The van der Waals surface area contributed by atoms with Crippen LogP contribution < -0.4 is 5.32 Å². The fourth-order valence-corrected chi connectivity index (χ4v) is 3.68. The lowest BCUT2D eigenvalue weighted by Gasteiger charge is -2.09. The summed E-state index contributed by atoms with van der Waals surface area (Å²) in [5.74, 6) is 0.474. The molecule has 4 rings (SSSR count). The highest BCUT2D eigenvalue weighted by molar-refractivity contribution is 7.99. The Balaban J connectivity index is 1.51. The molecule has 6 nitrogen and oxygen atoms in total. The van der Waals surface area contributed by atoms with Crippen LogP contribution >= 0.6 is 11.8 Å². The zero-order valence-corrected chi connectivity index (χ0v) is 15.7. The van der Waals surface area contributed by atoms with Crippen LogP contribution in [-0.2, 0) is 0 Å². The van der Waals surface area contributed by atoms with Gasteiger partial charge in [0.1, 0.15) is 11.4 Å². The maximum Gasteiger partial charge on any atom is 0.255 e. The molecule has 7 heteroatoms. The molecule has 134 valence electrons. The highest BCUT2D eigenvalue weighted by Crippen LogP contribution is 2.29. The minimum atomic E-state index is -0.109. The molecule has 1 amide bonds. The number of aryl methyl sites for hydroxylation is 2. The SMILES string of the molecule is Cc1cc(Sc2ccc(NC(=O)c3ccccc3C)cc2)n2ncnc2n1. The van der Waals surface area contributed by atoms with E-state index in [0.29, 0.717) is 11.3 Å². The molecule has 2 aromatic heterocycles. The summed E-state index contributed by atoms with van der Waals surface area (Å²) in [5.41, 5.74) is 3.27. The van der Waals surface area contributed by atoms with Crippen molar-refractivity contribution in [3.05, 3.63) is 77.7 Å². The van der Waals surface area contributed by atoms with Gasteiger partial charge < -0.3 is 5.32 Å². The average molecular weight is 375 g/mol. The van der Waals surface area contributed by atoms with Crippen molar-refractivity contribution in [2.75, 3.05) is 5.32 Å². The van der Waals surface area contributed by atoms with Crippen LogP contribution in [0, 0.1) is 13.8 Å². The van der Waals surface area contributed by atoms with Crippen molar-refractivity contribution in [2.24, 2.45) is 0 Å². The van der Waals surface area contributed by atoms with Gasteiger partial charge in [-0.15, -0.1) is 0 Å². The number of aromatic nitrogens is 4. The number of carbonyl (C=O) groups is 1. The second-order valence-corrected chi connectivity index (χ2v) is 7.20. The molecule has 0 radical (unpaired) electrons. The zero-order chi connectivity index (χ0) is 18.8. The number of hydrogen-bond acceptors (Lipinski definition) is 5. The normalized spacial score (nSPS) is 10.9. The predicted molar refractivity (Wildman–Crippen MR) is 105 cm³/mol. The first-order valence-electron chi connectivity index (χ1n) is 8.42. The van der Waals surface area contributed by atoms with Crippen LogP contribution in [0.5, 0.6) is 0 Å². The van der Waals surface area contributed by atoms with Crippen molar-refractivity contribution in [2.45, 2.75) is 23.8 Å². The molecule has 0 unspecified atom stereocenters. The third-order valence-electron chi connectivity index (χ3n) is 4.07. The quantitative estimate of drug-likeness (QED) is 0.543. The van der Waals surface area contributed by atoms with Crippen LogP contribution in [0.4, 0.5) is 5.69 Å². The second-order valence-electron chi connectivity index (χ2n) is 6.10. The minimum Gasteiger partial charge on any atom is -0.322 e. The van der Waals surface area contributed by atoms with E-state index in [-0.39, 0.29) is 5.91 Å². The van der Waals surface area contributed by atoms with Gasteiger partial charge >= 0.3 is 0 Å². The van der Waals surface area contributed by atoms with Gasteiger partial charge in [-0.2, -0.15) is 14.6 Å². The van der Waals surface area contributed by atoms with Gasteiger partial charge in [-0.1, -0.05) is 30.0 Å². The fraction of sp³-hybridized carbons (Fsp3) is 0.100. The molecule has 0 fully saturated rings. The van der Waals surface area contributed by atoms with Gasteiger partial charge in [-0.25, -0.2) is 4.98 Å². The molecule has 27 heavy (non-hydrogen) atoms. The Hall–Kier alpha value is -3.19. The third-order valence-corrected chi connectivity index (χ3v) is 5.08. The Kier molecular flexibility index (Phi) is 4.60. The van der Waals surface area contributed by atoms with Crippen molar-refractivity contribution in [1.29, 1.82) is 0 Å². The zero-order valence-electron chi connectivity index (χ0n) is 14.9. The number of anilines is 1. The minimum absolute atomic E-state index is 0.109. The number of benzene rings is 2. The first kappa shape index (κ1) is 17.2. The Bertz CT molecular complexity index is 1120. The molecular formula is C20H17N5OS. The van der Waals surface area contributed by atoms with E-state index in [1.54, 1.807) is 16.3 Å². The Morgan fingerprint density at radius 3 is 2.63 bits per heavy atom. The summed E-state index contributed by atoms with van der Waals surface area (Å²) < 4.78 is 1.71. The predicted octanol–water partition coefficient (Wildman–Crippen LogP) is 4.14. The molecule has 0 aliphatic carbocycles. The molecular weight excluding hydrogens is 358 g/mol. The van der Waals surface area contributed by atoms with E-state index in [9.17, 15) is 4.79 Å². The monoisotopic (exact) mass is 375 g/mol. The van der Waals surface area contributed by atoms with Gasteiger partial charge in [-0.05, 0) is 55.8 Å². The summed E-state index contributed by atoms with van der Waals surface area (Å²) in [6.45, 7) is 3.86. The maximum atomic E-state index is 12.4. The van der Waals surface area contributed by atoms with Crippen molar-refractivity contribution >= 4 is 29.1 Å². The molecule has 2 aromatic carbocycles. The summed E-state index contributed by atoms with van der Waals surface area (Å²) in [5, 5.41) is 8.10. The van der Waals surface area contributed by atoms with Crippen LogP contribution in [0.1, 0.15) is 21.6 Å². The summed E-state index contributed by atoms with van der Waals surface area (Å²) >= 11 is 1.57. The van der Waals surface area contributed by atoms with E-state index >= 15 is 0 Å². The molecule has 2 heterocycles. The van der Waals surface area contributed by atoms with Crippen LogP contribution in [0.15, 0.2) is 70.8 Å². The van der Waals surface area contributed by atoms with Crippen molar-refractivity contribution in [1.82, 2.24) is 19.6 Å². The smallest absolute Gasteiger partial charge is 0.255 e. The van der Waals surface area contributed by atoms with E-state index in [4.69, 9.17) is 0 Å². The van der Waals surface area contributed by atoms with E-state index in [1.165, 1.54) is 6.33 Å². The topological polar surface area (TPSA) is 72.2 Å². The van der Waals surface area contributed by atoms with Gasteiger partial charge in [0.2, 0.25) is 0 Å². The van der Waals surface area contributed by atoms with Crippen LogP contribution in [0.3, 0.4) is 0 Å². The number of nitrogens with one attached hydrogen (secondary N) is 1. The lowest BCUT2D eigenvalue weighted by atomic mass is 10.1. The van der Waals surface area contributed by atoms with E-state index in [2.05, 4.69) is 20.4 Å². The highest BCUT2D eigenvalue weighted by Gasteiger charge is 2.10. The molecule has 0 saturated heterocycles. The first-order chi connectivity index (χ1) is 13.1. The van der Waals surface area contributed by atoms with Crippen molar-refractivity contribution < 1.29 is 4.79 Å². The summed E-state index contributed by atoms with van der Waals surface area (Å²) in [6, 6.07) is 17.2. The number of hydrogen-bond donors (Lipinski definition) is 1. The third kappa shape index (κ3) is 3.68. The average Bonchev–Trinajstić information content (AvgIpc) is 3.12. The van der Waals surface area contributed by atoms with Crippen LogP contribution in [-0.4, -0.2) is 25.5 Å². The van der Waals surface area contributed by atoms with Crippen molar-refractivity contribution in [3.8, 4) is 0 Å². The van der Waals surface area contributed by atoms with E-state index < -0.39 is 0 Å². The molecule has 0 atom stereocenters. The van der Waals surface area contributed by atoms with Gasteiger partial charge in [0, 0.05) is 21.8 Å². The number of fused-ring (bicyclic) bond motifs is 1. The summed E-state index contributed by atoms with van der Waals surface area (Å²) in [7, 11) is 0. The van der Waals surface area contributed by atoms with Crippen LogP contribution in [0.2, 0.25) is 0 Å². The molecule has 0 aliphatic heterocycles. The van der Waals surface area contributed by atoms with E-state index in [0.717, 1.165) is 26.9 Å². The van der Waals surface area contributed by atoms with Gasteiger partial charge in [-0.3, -0.25) is 4.79 Å².